The Hall–Kier alpha value is -4.58. The number of anilines is 3. The smallest absolute Gasteiger partial charge is 0.251 e. The lowest BCUT2D eigenvalue weighted by atomic mass is 10.1. The van der Waals surface area contributed by atoms with Gasteiger partial charge in [-0.2, -0.15) is 15.0 Å². The molecule has 11 heteroatoms. The Morgan fingerprint density at radius 2 is 1.11 bits per heavy atom. The number of aromatic nitrogens is 3. The van der Waals surface area contributed by atoms with Gasteiger partial charge in [-0.1, -0.05) is 72.8 Å². The molecule has 0 radical (unpaired) electrons. The van der Waals surface area contributed by atoms with Gasteiger partial charge in [0, 0.05) is 38.3 Å². The highest BCUT2D eigenvalue weighted by Gasteiger charge is 2.09. The summed E-state index contributed by atoms with van der Waals surface area (Å²) in [6.45, 7) is 4.66. The van der Waals surface area contributed by atoms with Gasteiger partial charge in [-0.05, 0) is 41.7 Å². The van der Waals surface area contributed by atoms with Crippen molar-refractivity contribution in [3.05, 3.63) is 107 Å². The van der Waals surface area contributed by atoms with Crippen LogP contribution in [0.5, 0.6) is 0 Å². The van der Waals surface area contributed by atoms with Crippen molar-refractivity contribution in [2.24, 2.45) is 5.73 Å². The van der Waals surface area contributed by atoms with E-state index in [1.165, 1.54) is 11.1 Å². The van der Waals surface area contributed by atoms with Crippen molar-refractivity contribution in [2.75, 3.05) is 68.6 Å². The molecule has 6 N–H and O–H groups in total. The number of benzene rings is 3. The van der Waals surface area contributed by atoms with E-state index in [0.29, 0.717) is 82.6 Å². The highest BCUT2D eigenvalue weighted by atomic mass is 16.5. The topological polar surface area (TPSA) is 148 Å². The number of hydrogen-bond acceptors (Lipinski definition) is 10. The van der Waals surface area contributed by atoms with Gasteiger partial charge >= 0.3 is 0 Å². The third kappa shape index (κ3) is 12.0. The van der Waals surface area contributed by atoms with Crippen LogP contribution in [0.4, 0.5) is 17.8 Å². The molecule has 0 aliphatic carbocycles. The summed E-state index contributed by atoms with van der Waals surface area (Å²) in [7, 11) is 0. The van der Waals surface area contributed by atoms with Gasteiger partial charge in [0.15, 0.2) is 0 Å². The van der Waals surface area contributed by atoms with Crippen LogP contribution in [-0.4, -0.2) is 73.5 Å². The minimum atomic E-state index is -0.151. The standard InChI is InChI=1S/C33H42N8O3/c34-17-21-43-23-24-44-22-20-35-30(42)29-13-11-28(12-14-29)25-38-33-40-31(36-18-15-26-7-3-1-4-8-26)39-32(41-33)37-19-16-27-9-5-2-6-10-27/h1-14H,15-25,34H2,(H,35,42)(H3,36,37,38,39,40,41). The molecule has 0 aliphatic rings. The zero-order valence-electron chi connectivity index (χ0n) is 25.0. The predicted octanol–water partition coefficient (Wildman–Crippen LogP) is 3.51. The summed E-state index contributed by atoms with van der Waals surface area (Å²) in [6.07, 6.45) is 1.70. The summed E-state index contributed by atoms with van der Waals surface area (Å²) in [5, 5.41) is 12.8. The fourth-order valence-corrected chi connectivity index (χ4v) is 4.24. The van der Waals surface area contributed by atoms with Crippen LogP contribution in [0.15, 0.2) is 84.9 Å². The van der Waals surface area contributed by atoms with Crippen LogP contribution in [0.2, 0.25) is 0 Å². The molecule has 0 aliphatic heterocycles. The summed E-state index contributed by atoms with van der Waals surface area (Å²) in [5.41, 5.74) is 9.42. The molecule has 3 aromatic carbocycles. The molecule has 0 atom stereocenters. The van der Waals surface area contributed by atoms with E-state index >= 15 is 0 Å². The van der Waals surface area contributed by atoms with Crippen LogP contribution in [-0.2, 0) is 28.9 Å². The van der Waals surface area contributed by atoms with E-state index in [9.17, 15) is 4.79 Å². The average molecular weight is 599 g/mol. The van der Waals surface area contributed by atoms with Crippen molar-refractivity contribution in [1.29, 1.82) is 0 Å². The fraction of sp³-hybridized carbons (Fsp3) is 0.333. The highest BCUT2D eigenvalue weighted by molar-refractivity contribution is 5.94. The van der Waals surface area contributed by atoms with Gasteiger partial charge in [0.2, 0.25) is 17.8 Å². The number of nitrogens with zero attached hydrogens (tertiary/aromatic N) is 3. The summed E-state index contributed by atoms with van der Waals surface area (Å²) in [5.74, 6) is 1.31. The molecular formula is C33H42N8O3. The maximum atomic E-state index is 12.5. The molecule has 4 rings (SSSR count). The number of rotatable bonds is 20. The van der Waals surface area contributed by atoms with Gasteiger partial charge in [-0.3, -0.25) is 4.79 Å². The van der Waals surface area contributed by atoms with E-state index in [-0.39, 0.29) is 5.91 Å². The molecule has 4 aromatic rings. The molecule has 0 unspecified atom stereocenters. The summed E-state index contributed by atoms with van der Waals surface area (Å²) < 4.78 is 10.7. The molecule has 1 amide bonds. The Labute approximate surface area is 259 Å². The molecule has 1 heterocycles. The monoisotopic (exact) mass is 598 g/mol. The Morgan fingerprint density at radius 3 is 1.66 bits per heavy atom. The molecule has 232 valence electrons. The fourth-order valence-electron chi connectivity index (χ4n) is 4.24. The van der Waals surface area contributed by atoms with Crippen LogP contribution < -0.4 is 27.0 Å². The van der Waals surface area contributed by atoms with Crippen LogP contribution in [0, 0.1) is 0 Å². The molecule has 0 saturated heterocycles. The minimum absolute atomic E-state index is 0.151. The lowest BCUT2D eigenvalue weighted by molar-refractivity contribution is 0.0511. The van der Waals surface area contributed by atoms with Gasteiger partial charge in [-0.15, -0.1) is 0 Å². The molecule has 11 nitrogen and oxygen atoms in total. The van der Waals surface area contributed by atoms with Crippen molar-refractivity contribution in [3.63, 3.8) is 0 Å². The van der Waals surface area contributed by atoms with Crippen LogP contribution in [0.3, 0.4) is 0 Å². The first-order valence-corrected chi connectivity index (χ1v) is 15.0. The van der Waals surface area contributed by atoms with Crippen LogP contribution in [0.25, 0.3) is 0 Å². The first-order valence-electron chi connectivity index (χ1n) is 15.0. The van der Waals surface area contributed by atoms with E-state index in [0.717, 1.165) is 18.4 Å². The molecule has 0 saturated carbocycles. The van der Waals surface area contributed by atoms with Crippen molar-refractivity contribution in [3.8, 4) is 0 Å². The maximum Gasteiger partial charge on any atom is 0.251 e. The van der Waals surface area contributed by atoms with Crippen molar-refractivity contribution < 1.29 is 14.3 Å². The molecule has 44 heavy (non-hydrogen) atoms. The number of nitrogens with one attached hydrogen (secondary N) is 4. The number of carbonyl (C=O) groups is 1. The second-order valence-corrected chi connectivity index (χ2v) is 9.95. The van der Waals surface area contributed by atoms with E-state index < -0.39 is 0 Å². The predicted molar refractivity (Wildman–Crippen MR) is 174 cm³/mol. The van der Waals surface area contributed by atoms with Crippen molar-refractivity contribution in [2.45, 2.75) is 19.4 Å². The van der Waals surface area contributed by atoms with E-state index in [2.05, 4.69) is 60.5 Å². The lowest BCUT2D eigenvalue weighted by Crippen LogP contribution is -2.27. The summed E-state index contributed by atoms with van der Waals surface area (Å²) >= 11 is 0. The van der Waals surface area contributed by atoms with E-state index in [4.69, 9.17) is 15.2 Å². The number of hydrogen-bond donors (Lipinski definition) is 5. The summed E-state index contributed by atoms with van der Waals surface area (Å²) in [4.78, 5) is 26.2. The molecule has 1 aromatic heterocycles. The zero-order valence-corrected chi connectivity index (χ0v) is 25.0. The van der Waals surface area contributed by atoms with Crippen molar-refractivity contribution >= 4 is 23.8 Å². The van der Waals surface area contributed by atoms with E-state index in [1.807, 2.05) is 48.5 Å². The maximum absolute atomic E-state index is 12.5. The Kier molecular flexibility index (Phi) is 13.9. The molecule has 0 bridgehead atoms. The zero-order chi connectivity index (χ0) is 30.7. The van der Waals surface area contributed by atoms with Crippen LogP contribution >= 0.6 is 0 Å². The molecule has 0 fully saturated rings. The first kappa shape index (κ1) is 32.3. The quantitative estimate of drug-likeness (QED) is 0.0957. The van der Waals surface area contributed by atoms with Gasteiger partial charge in [0.1, 0.15) is 0 Å². The van der Waals surface area contributed by atoms with Crippen molar-refractivity contribution in [1.82, 2.24) is 20.3 Å². The normalized spacial score (nSPS) is 10.8. The number of amides is 1. The highest BCUT2D eigenvalue weighted by Crippen LogP contribution is 2.13. The van der Waals surface area contributed by atoms with E-state index in [1.54, 1.807) is 12.1 Å². The number of carbonyl (C=O) groups excluding carboxylic acids is 1. The SMILES string of the molecule is NCCOCCOCCNC(=O)c1ccc(CNc2nc(NCCc3ccccc3)nc(NCCc3ccccc3)n2)cc1. The van der Waals surface area contributed by atoms with Crippen LogP contribution in [0.1, 0.15) is 27.0 Å². The van der Waals surface area contributed by atoms with Gasteiger partial charge in [0.05, 0.1) is 26.4 Å². The Balaban J connectivity index is 1.28. The molecular weight excluding hydrogens is 556 g/mol. The largest absolute Gasteiger partial charge is 0.378 e. The van der Waals surface area contributed by atoms with Gasteiger partial charge < -0.3 is 36.5 Å². The second kappa shape index (κ2) is 18.9. The minimum Gasteiger partial charge on any atom is -0.378 e. The van der Waals surface area contributed by atoms with Gasteiger partial charge in [0.25, 0.3) is 5.91 Å². The lowest BCUT2D eigenvalue weighted by Gasteiger charge is -2.12. The molecule has 0 spiro atoms. The van der Waals surface area contributed by atoms with Gasteiger partial charge in [-0.25, -0.2) is 0 Å². The number of ether oxygens (including phenoxy) is 2. The summed E-state index contributed by atoms with van der Waals surface area (Å²) in [6, 6.07) is 28.0. The average Bonchev–Trinajstić information content (AvgIpc) is 3.06. The number of nitrogens with two attached hydrogens (primary N) is 1. The second-order valence-electron chi connectivity index (χ2n) is 9.95. The first-order chi connectivity index (χ1) is 21.7. The third-order valence-corrected chi connectivity index (χ3v) is 6.55. The third-order valence-electron chi connectivity index (χ3n) is 6.55. The Bertz CT molecular complexity index is 1310. The Morgan fingerprint density at radius 1 is 0.591 bits per heavy atom.